The first kappa shape index (κ1) is 12.7. The number of carbonyl (C=O) groups is 1. The van der Waals surface area contributed by atoms with Crippen LogP contribution < -0.4 is 5.32 Å². The standard InChI is InChI=1S/C14H13N3O2S/c1-9(10-5-7-20-8-10)15-13-12(14(18)19)17-6-3-2-4-11(17)16-13/h2-9,15H,1H3,(H,18,19). The minimum Gasteiger partial charge on any atom is -0.476 e. The molecule has 0 amide bonds. The molecular formula is C14H13N3O2S. The van der Waals surface area contributed by atoms with Gasteiger partial charge in [-0.2, -0.15) is 11.3 Å². The number of thiophene rings is 1. The van der Waals surface area contributed by atoms with Crippen LogP contribution in [0.25, 0.3) is 5.65 Å². The minimum atomic E-state index is -0.997. The first-order chi connectivity index (χ1) is 9.66. The Morgan fingerprint density at radius 2 is 2.30 bits per heavy atom. The van der Waals surface area contributed by atoms with Crippen molar-refractivity contribution in [2.45, 2.75) is 13.0 Å². The molecule has 3 aromatic rings. The third kappa shape index (κ3) is 2.14. The maximum atomic E-state index is 11.5. The molecule has 1 atom stereocenters. The summed E-state index contributed by atoms with van der Waals surface area (Å²) in [6.07, 6.45) is 1.70. The van der Waals surface area contributed by atoms with Crippen LogP contribution in [0, 0.1) is 0 Å². The molecule has 0 saturated heterocycles. The van der Waals surface area contributed by atoms with Crippen molar-refractivity contribution in [2.75, 3.05) is 5.32 Å². The fraction of sp³-hybridized carbons (Fsp3) is 0.143. The number of nitrogens with zero attached hydrogens (tertiary/aromatic N) is 2. The van der Waals surface area contributed by atoms with Gasteiger partial charge in [0.25, 0.3) is 0 Å². The minimum absolute atomic E-state index is 0.00395. The molecule has 3 rings (SSSR count). The second kappa shape index (κ2) is 4.97. The maximum Gasteiger partial charge on any atom is 0.356 e. The number of anilines is 1. The second-order valence-corrected chi connectivity index (χ2v) is 5.25. The molecule has 0 bridgehead atoms. The van der Waals surface area contributed by atoms with E-state index in [2.05, 4.69) is 10.3 Å². The smallest absolute Gasteiger partial charge is 0.356 e. The van der Waals surface area contributed by atoms with Gasteiger partial charge in [0, 0.05) is 6.20 Å². The Kier molecular flexibility index (Phi) is 3.15. The van der Waals surface area contributed by atoms with E-state index >= 15 is 0 Å². The SMILES string of the molecule is CC(Nc1nc2ccccn2c1C(=O)O)c1ccsc1. The molecule has 0 fully saturated rings. The molecule has 0 aliphatic heterocycles. The first-order valence-electron chi connectivity index (χ1n) is 6.16. The van der Waals surface area contributed by atoms with E-state index in [0.29, 0.717) is 11.5 Å². The Hall–Kier alpha value is -2.34. The summed E-state index contributed by atoms with van der Waals surface area (Å²) in [5.41, 5.74) is 1.89. The lowest BCUT2D eigenvalue weighted by molar-refractivity contribution is 0.0690. The van der Waals surface area contributed by atoms with Crippen LogP contribution in [0.3, 0.4) is 0 Å². The van der Waals surface area contributed by atoms with E-state index < -0.39 is 5.97 Å². The number of hydrogen-bond acceptors (Lipinski definition) is 4. The van der Waals surface area contributed by atoms with Crippen LogP contribution in [0.1, 0.15) is 29.0 Å². The van der Waals surface area contributed by atoms with Gasteiger partial charge in [0.1, 0.15) is 5.65 Å². The van der Waals surface area contributed by atoms with Gasteiger partial charge in [-0.15, -0.1) is 0 Å². The van der Waals surface area contributed by atoms with E-state index in [1.54, 1.807) is 34.1 Å². The van der Waals surface area contributed by atoms with Crippen molar-refractivity contribution in [3.05, 3.63) is 52.5 Å². The molecule has 6 heteroatoms. The number of nitrogens with one attached hydrogen (secondary N) is 1. The van der Waals surface area contributed by atoms with Crippen molar-refractivity contribution in [3.8, 4) is 0 Å². The van der Waals surface area contributed by atoms with Gasteiger partial charge in [-0.1, -0.05) is 6.07 Å². The topological polar surface area (TPSA) is 66.6 Å². The van der Waals surface area contributed by atoms with E-state index in [1.165, 1.54) is 0 Å². The van der Waals surface area contributed by atoms with Gasteiger partial charge < -0.3 is 10.4 Å². The summed E-state index contributed by atoms with van der Waals surface area (Å²) in [5, 5.41) is 16.6. The molecule has 0 aliphatic carbocycles. The predicted molar refractivity (Wildman–Crippen MR) is 78.5 cm³/mol. The van der Waals surface area contributed by atoms with Crippen LogP contribution in [-0.4, -0.2) is 20.5 Å². The summed E-state index contributed by atoms with van der Waals surface area (Å²) in [4.78, 5) is 15.8. The molecule has 3 heterocycles. The molecule has 0 spiro atoms. The average Bonchev–Trinajstić information content (AvgIpc) is 3.05. The molecule has 102 valence electrons. The summed E-state index contributed by atoms with van der Waals surface area (Å²) < 4.78 is 1.57. The van der Waals surface area contributed by atoms with Crippen molar-refractivity contribution >= 4 is 28.8 Å². The Morgan fingerprint density at radius 3 is 3.00 bits per heavy atom. The highest BCUT2D eigenvalue weighted by atomic mass is 32.1. The molecule has 0 saturated carbocycles. The van der Waals surface area contributed by atoms with Crippen molar-refractivity contribution in [1.82, 2.24) is 9.38 Å². The number of carboxylic acids is 1. The van der Waals surface area contributed by atoms with Crippen LogP contribution in [0.2, 0.25) is 0 Å². The zero-order valence-electron chi connectivity index (χ0n) is 10.8. The number of rotatable bonds is 4. The molecule has 5 nitrogen and oxygen atoms in total. The summed E-state index contributed by atoms with van der Waals surface area (Å²) in [6, 6.07) is 7.42. The lowest BCUT2D eigenvalue weighted by Gasteiger charge is -2.12. The molecular weight excluding hydrogens is 274 g/mol. The highest BCUT2D eigenvalue weighted by Gasteiger charge is 2.20. The van der Waals surface area contributed by atoms with Crippen molar-refractivity contribution in [3.63, 3.8) is 0 Å². The van der Waals surface area contributed by atoms with Crippen LogP contribution in [0.4, 0.5) is 5.82 Å². The summed E-state index contributed by atoms with van der Waals surface area (Å²) in [5.74, 6) is -0.605. The predicted octanol–water partition coefficient (Wildman–Crippen LogP) is 3.27. The fourth-order valence-corrected chi connectivity index (χ4v) is 2.86. The Bertz CT molecular complexity index is 749. The number of pyridine rings is 1. The van der Waals surface area contributed by atoms with Gasteiger partial charge in [0.2, 0.25) is 0 Å². The summed E-state index contributed by atoms with van der Waals surface area (Å²) >= 11 is 1.61. The second-order valence-electron chi connectivity index (χ2n) is 4.47. The van der Waals surface area contributed by atoms with Crippen molar-refractivity contribution in [2.24, 2.45) is 0 Å². The monoisotopic (exact) mass is 287 g/mol. The Morgan fingerprint density at radius 1 is 1.45 bits per heavy atom. The van der Waals surface area contributed by atoms with Crippen LogP contribution in [0.5, 0.6) is 0 Å². The average molecular weight is 287 g/mol. The Balaban J connectivity index is 2.02. The summed E-state index contributed by atoms with van der Waals surface area (Å²) in [7, 11) is 0. The number of aromatic carboxylic acids is 1. The quantitative estimate of drug-likeness (QED) is 0.773. The van der Waals surface area contributed by atoms with E-state index in [0.717, 1.165) is 5.56 Å². The molecule has 3 aromatic heterocycles. The van der Waals surface area contributed by atoms with E-state index in [-0.39, 0.29) is 11.7 Å². The van der Waals surface area contributed by atoms with Crippen LogP contribution >= 0.6 is 11.3 Å². The van der Waals surface area contributed by atoms with E-state index in [9.17, 15) is 9.90 Å². The zero-order chi connectivity index (χ0) is 14.1. The van der Waals surface area contributed by atoms with E-state index in [4.69, 9.17) is 0 Å². The highest BCUT2D eigenvalue weighted by molar-refractivity contribution is 7.07. The zero-order valence-corrected chi connectivity index (χ0v) is 11.6. The fourth-order valence-electron chi connectivity index (χ4n) is 2.11. The Labute approximate surface area is 119 Å². The number of hydrogen-bond donors (Lipinski definition) is 2. The van der Waals surface area contributed by atoms with Crippen LogP contribution in [-0.2, 0) is 0 Å². The first-order valence-corrected chi connectivity index (χ1v) is 7.10. The van der Waals surface area contributed by atoms with Crippen LogP contribution in [0.15, 0.2) is 41.2 Å². The third-order valence-electron chi connectivity index (χ3n) is 3.13. The number of aromatic nitrogens is 2. The van der Waals surface area contributed by atoms with E-state index in [1.807, 2.05) is 29.8 Å². The third-order valence-corrected chi connectivity index (χ3v) is 3.83. The van der Waals surface area contributed by atoms with Gasteiger partial charge in [-0.3, -0.25) is 4.40 Å². The maximum absolute atomic E-state index is 11.5. The number of imidazole rings is 1. The molecule has 0 radical (unpaired) electrons. The number of carboxylic acid groups (broad SMARTS) is 1. The normalized spacial score (nSPS) is 12.4. The molecule has 2 N–H and O–H groups in total. The molecule has 0 aromatic carbocycles. The molecule has 20 heavy (non-hydrogen) atoms. The largest absolute Gasteiger partial charge is 0.476 e. The molecule has 0 aliphatic rings. The summed E-state index contributed by atoms with van der Waals surface area (Å²) in [6.45, 7) is 1.98. The lowest BCUT2D eigenvalue weighted by Crippen LogP contribution is -2.11. The highest BCUT2D eigenvalue weighted by Crippen LogP contribution is 2.24. The molecule has 1 unspecified atom stereocenters. The van der Waals surface area contributed by atoms with Gasteiger partial charge >= 0.3 is 5.97 Å². The van der Waals surface area contributed by atoms with Gasteiger partial charge in [0.15, 0.2) is 11.5 Å². The van der Waals surface area contributed by atoms with Gasteiger partial charge in [0.05, 0.1) is 6.04 Å². The number of fused-ring (bicyclic) bond motifs is 1. The van der Waals surface area contributed by atoms with Gasteiger partial charge in [-0.25, -0.2) is 9.78 Å². The van der Waals surface area contributed by atoms with Crippen molar-refractivity contribution < 1.29 is 9.90 Å². The van der Waals surface area contributed by atoms with Gasteiger partial charge in [-0.05, 0) is 41.4 Å². The van der Waals surface area contributed by atoms with Crippen molar-refractivity contribution in [1.29, 1.82) is 0 Å². The lowest BCUT2D eigenvalue weighted by atomic mass is 10.2.